The van der Waals surface area contributed by atoms with Crippen LogP contribution in [0.15, 0.2) is 35.9 Å². The van der Waals surface area contributed by atoms with E-state index in [0.717, 1.165) is 0 Å². The molecule has 1 aliphatic rings. The number of rotatable bonds is 0. The molecule has 1 aliphatic carbocycles. The number of carbonyl (C=O) groups is 2. The fourth-order valence-corrected chi connectivity index (χ4v) is 1.45. The lowest BCUT2D eigenvalue weighted by atomic mass is 9.90. The fourth-order valence-electron chi connectivity index (χ4n) is 1.45. The van der Waals surface area contributed by atoms with Crippen LogP contribution in [-0.2, 0) is 20.8 Å². The fraction of sp³-hybridized carbons (Fsp3) is 0.0909. The standard InChI is InChI=1S/C11H8O2.2H2O4S/c1-7-6-10(12)8-4-2-3-5-9(8)11(7)13;2*1-5(2,3)4/h2-6H,1H3;2*(H2,1,2,3,4). The molecule has 0 bridgehead atoms. The predicted molar refractivity (Wildman–Crippen MR) is 77.2 cm³/mol. The van der Waals surface area contributed by atoms with Crippen molar-refractivity contribution in [3.8, 4) is 0 Å². The zero-order valence-electron chi connectivity index (χ0n) is 11.4. The third-order valence-electron chi connectivity index (χ3n) is 2.14. The molecule has 0 heterocycles. The third kappa shape index (κ3) is 10.4. The SMILES string of the molecule is CC1=CC(=O)c2ccccc2C1=O.O=S(=O)(O)O.O=S(=O)(O)O. The number of ketones is 2. The first-order valence-corrected chi connectivity index (χ1v) is 8.25. The van der Waals surface area contributed by atoms with Crippen molar-refractivity contribution in [3.63, 3.8) is 0 Å². The van der Waals surface area contributed by atoms with Gasteiger partial charge in [-0.3, -0.25) is 27.8 Å². The van der Waals surface area contributed by atoms with Gasteiger partial charge in [0.15, 0.2) is 11.6 Å². The molecule has 0 saturated heterocycles. The monoisotopic (exact) mass is 368 g/mol. The number of Topliss-reactive ketones (excluding diaryl/α,β-unsaturated/α-hetero) is 1. The van der Waals surface area contributed by atoms with Gasteiger partial charge >= 0.3 is 20.8 Å². The highest BCUT2D eigenvalue weighted by atomic mass is 32.3. The molecule has 0 radical (unpaired) electrons. The Morgan fingerprint density at radius 1 is 0.783 bits per heavy atom. The second-order valence-corrected chi connectivity index (χ2v) is 5.75. The molecular formula is C11H12O10S2. The van der Waals surface area contributed by atoms with Crippen molar-refractivity contribution in [1.82, 2.24) is 0 Å². The number of benzene rings is 1. The van der Waals surface area contributed by atoms with Gasteiger partial charge in [-0.25, -0.2) is 0 Å². The average molecular weight is 368 g/mol. The van der Waals surface area contributed by atoms with E-state index in [0.29, 0.717) is 16.7 Å². The van der Waals surface area contributed by atoms with Crippen molar-refractivity contribution in [2.45, 2.75) is 6.92 Å². The average Bonchev–Trinajstić information content (AvgIpc) is 2.32. The molecule has 4 N–H and O–H groups in total. The van der Waals surface area contributed by atoms with Crippen molar-refractivity contribution in [2.75, 3.05) is 0 Å². The smallest absolute Gasteiger partial charge is 0.289 e. The maximum absolute atomic E-state index is 11.5. The van der Waals surface area contributed by atoms with Crippen LogP contribution in [0.5, 0.6) is 0 Å². The van der Waals surface area contributed by atoms with Crippen LogP contribution in [-0.4, -0.2) is 46.6 Å². The van der Waals surface area contributed by atoms with Gasteiger partial charge in [0.05, 0.1) is 0 Å². The number of hydrogen-bond donors (Lipinski definition) is 4. The first kappa shape index (κ1) is 21.0. The number of carbonyl (C=O) groups excluding carboxylic acids is 2. The minimum absolute atomic E-state index is 0.0461. The van der Waals surface area contributed by atoms with Gasteiger partial charge in [-0.15, -0.1) is 0 Å². The number of hydrogen-bond acceptors (Lipinski definition) is 6. The Hall–Kier alpha value is -1.96. The largest absolute Gasteiger partial charge is 0.394 e. The first-order chi connectivity index (χ1) is 10.2. The maximum Gasteiger partial charge on any atom is 0.394 e. The van der Waals surface area contributed by atoms with Crippen LogP contribution < -0.4 is 0 Å². The van der Waals surface area contributed by atoms with E-state index in [4.69, 9.17) is 35.0 Å². The summed E-state index contributed by atoms with van der Waals surface area (Å²) in [7, 11) is -9.33. The van der Waals surface area contributed by atoms with E-state index in [-0.39, 0.29) is 11.6 Å². The summed E-state index contributed by atoms with van der Waals surface area (Å²) in [5, 5.41) is 0. The zero-order valence-corrected chi connectivity index (χ0v) is 13.1. The minimum Gasteiger partial charge on any atom is -0.289 e. The Labute approximate surface area is 131 Å². The van der Waals surface area contributed by atoms with Crippen LogP contribution >= 0.6 is 0 Å². The van der Waals surface area contributed by atoms with Crippen LogP contribution in [0.3, 0.4) is 0 Å². The molecule has 10 nitrogen and oxygen atoms in total. The van der Waals surface area contributed by atoms with E-state index in [1.807, 2.05) is 0 Å². The molecule has 128 valence electrons. The summed E-state index contributed by atoms with van der Waals surface area (Å²) in [6, 6.07) is 6.89. The van der Waals surface area contributed by atoms with E-state index in [1.54, 1.807) is 31.2 Å². The van der Waals surface area contributed by atoms with Gasteiger partial charge in [-0.05, 0) is 13.0 Å². The summed E-state index contributed by atoms with van der Waals surface area (Å²) >= 11 is 0. The minimum atomic E-state index is -4.67. The van der Waals surface area contributed by atoms with Gasteiger partial charge < -0.3 is 0 Å². The summed E-state index contributed by atoms with van der Waals surface area (Å²) in [6.45, 7) is 1.66. The molecule has 0 aliphatic heterocycles. The summed E-state index contributed by atoms with van der Waals surface area (Å²) < 4.78 is 63.2. The van der Waals surface area contributed by atoms with Gasteiger partial charge in [0, 0.05) is 16.7 Å². The molecule has 2 rings (SSSR count). The summed E-state index contributed by atoms with van der Waals surface area (Å²) in [5.74, 6) is -0.122. The van der Waals surface area contributed by atoms with Crippen LogP contribution in [0.4, 0.5) is 0 Å². The Kier molecular flexibility index (Phi) is 7.36. The molecule has 0 aromatic heterocycles. The molecular weight excluding hydrogens is 356 g/mol. The molecule has 12 heteroatoms. The molecule has 1 aromatic rings. The van der Waals surface area contributed by atoms with Gasteiger partial charge in [-0.2, -0.15) is 16.8 Å². The normalized spacial score (nSPS) is 13.7. The molecule has 1 aromatic carbocycles. The molecule has 0 atom stereocenters. The van der Waals surface area contributed by atoms with Gasteiger partial charge in [0.2, 0.25) is 0 Å². The van der Waals surface area contributed by atoms with Crippen molar-refractivity contribution < 1.29 is 44.6 Å². The Balaban J connectivity index is 0.000000406. The molecule has 23 heavy (non-hydrogen) atoms. The van der Waals surface area contributed by atoms with Crippen LogP contribution in [0, 0.1) is 0 Å². The van der Waals surface area contributed by atoms with Gasteiger partial charge in [-0.1, -0.05) is 24.3 Å². The molecule has 0 fully saturated rings. The van der Waals surface area contributed by atoms with Gasteiger partial charge in [0.1, 0.15) is 0 Å². The predicted octanol–water partition coefficient (Wildman–Crippen LogP) is 0.706. The number of fused-ring (bicyclic) bond motifs is 1. The van der Waals surface area contributed by atoms with E-state index < -0.39 is 20.8 Å². The lowest BCUT2D eigenvalue weighted by molar-refractivity contribution is 0.0984. The van der Waals surface area contributed by atoms with E-state index in [9.17, 15) is 9.59 Å². The maximum atomic E-state index is 11.5. The summed E-state index contributed by atoms with van der Waals surface area (Å²) in [6.07, 6.45) is 1.39. The summed E-state index contributed by atoms with van der Waals surface area (Å²) in [4.78, 5) is 23.0. The lowest BCUT2D eigenvalue weighted by Crippen LogP contribution is -2.14. The molecule has 0 unspecified atom stereocenters. The van der Waals surface area contributed by atoms with E-state index in [2.05, 4.69) is 0 Å². The van der Waals surface area contributed by atoms with Crippen molar-refractivity contribution >= 4 is 32.4 Å². The summed E-state index contributed by atoms with van der Waals surface area (Å²) in [5.41, 5.74) is 1.55. The first-order valence-electron chi connectivity index (χ1n) is 5.46. The molecule has 0 saturated carbocycles. The third-order valence-corrected chi connectivity index (χ3v) is 2.14. The molecule has 0 amide bonds. The zero-order chi connectivity index (χ0) is 18.4. The number of allylic oxidation sites excluding steroid dienone is 2. The second-order valence-electron chi connectivity index (χ2n) is 3.96. The van der Waals surface area contributed by atoms with E-state index in [1.165, 1.54) is 6.08 Å². The highest BCUT2D eigenvalue weighted by molar-refractivity contribution is 7.80. The van der Waals surface area contributed by atoms with Crippen LogP contribution in [0.25, 0.3) is 0 Å². The quantitative estimate of drug-likeness (QED) is 0.475. The highest BCUT2D eigenvalue weighted by Gasteiger charge is 2.21. The Bertz CT molecular complexity index is 787. The van der Waals surface area contributed by atoms with Crippen molar-refractivity contribution in [3.05, 3.63) is 47.0 Å². The topological polar surface area (TPSA) is 183 Å². The van der Waals surface area contributed by atoms with Crippen molar-refractivity contribution in [1.29, 1.82) is 0 Å². The van der Waals surface area contributed by atoms with Crippen LogP contribution in [0.2, 0.25) is 0 Å². The van der Waals surface area contributed by atoms with Crippen molar-refractivity contribution in [2.24, 2.45) is 0 Å². The van der Waals surface area contributed by atoms with Crippen LogP contribution in [0.1, 0.15) is 27.6 Å². The van der Waals surface area contributed by atoms with E-state index >= 15 is 0 Å². The Morgan fingerprint density at radius 2 is 1.13 bits per heavy atom. The lowest BCUT2D eigenvalue weighted by Gasteiger charge is -2.11. The Morgan fingerprint density at radius 3 is 1.52 bits per heavy atom. The highest BCUT2D eigenvalue weighted by Crippen LogP contribution is 2.20. The molecule has 0 spiro atoms. The second kappa shape index (κ2) is 8.05. The van der Waals surface area contributed by atoms with Gasteiger partial charge in [0.25, 0.3) is 0 Å².